The highest BCUT2D eigenvalue weighted by molar-refractivity contribution is 7.89. The van der Waals surface area contributed by atoms with Crippen molar-refractivity contribution in [2.24, 2.45) is 0 Å². The average Bonchev–Trinajstić information content (AvgIpc) is 2.79. The van der Waals surface area contributed by atoms with Crippen LogP contribution in [0.3, 0.4) is 0 Å². The zero-order chi connectivity index (χ0) is 24.4. The van der Waals surface area contributed by atoms with Crippen molar-refractivity contribution in [1.82, 2.24) is 9.62 Å². The molecule has 0 aliphatic rings. The zero-order valence-corrected chi connectivity index (χ0v) is 19.8. The Hall–Kier alpha value is -3.18. The van der Waals surface area contributed by atoms with Gasteiger partial charge in [0.25, 0.3) is 0 Å². The molecule has 0 atom stereocenters. The molecule has 0 aromatic heterocycles. The number of sulfonamides is 1. The molecule has 0 aliphatic carbocycles. The summed E-state index contributed by atoms with van der Waals surface area (Å²) in [7, 11) is -3.66. The van der Waals surface area contributed by atoms with E-state index in [2.05, 4.69) is 21.3 Å². The molecule has 2 aromatic rings. The van der Waals surface area contributed by atoms with Gasteiger partial charge in [0.05, 0.1) is 29.4 Å². The molecule has 0 fully saturated rings. The number of benzene rings is 2. The predicted molar refractivity (Wildman–Crippen MR) is 127 cm³/mol. The summed E-state index contributed by atoms with van der Waals surface area (Å²) in [6, 6.07) is 9.92. The summed E-state index contributed by atoms with van der Waals surface area (Å²) >= 11 is 0. The van der Waals surface area contributed by atoms with Crippen LogP contribution in [0, 0.1) is 5.82 Å². The summed E-state index contributed by atoms with van der Waals surface area (Å²) in [6.45, 7) is 6.29. The number of anilines is 3. The van der Waals surface area contributed by atoms with E-state index in [1.165, 1.54) is 40.7 Å². The van der Waals surface area contributed by atoms with Crippen molar-refractivity contribution in [3.8, 4) is 0 Å². The lowest BCUT2D eigenvalue weighted by atomic mass is 10.2. The van der Waals surface area contributed by atoms with Gasteiger partial charge in [0.1, 0.15) is 5.82 Å². The second-order valence-electron chi connectivity index (χ2n) is 7.01. The Morgan fingerprint density at radius 1 is 0.879 bits per heavy atom. The molecule has 33 heavy (non-hydrogen) atoms. The first-order valence-electron chi connectivity index (χ1n) is 10.6. The van der Waals surface area contributed by atoms with Gasteiger partial charge >= 0.3 is 0 Å². The van der Waals surface area contributed by atoms with Crippen molar-refractivity contribution in [3.05, 3.63) is 48.3 Å². The Bertz CT molecular complexity index is 1060. The van der Waals surface area contributed by atoms with Crippen LogP contribution in [0.5, 0.6) is 0 Å². The molecule has 0 heterocycles. The third kappa shape index (κ3) is 7.43. The second-order valence-corrected chi connectivity index (χ2v) is 8.95. The summed E-state index contributed by atoms with van der Waals surface area (Å²) in [6.07, 6.45) is 0. The van der Waals surface area contributed by atoms with Crippen LogP contribution >= 0.6 is 0 Å². The van der Waals surface area contributed by atoms with E-state index in [4.69, 9.17) is 0 Å². The molecule has 9 nitrogen and oxygen atoms in total. The van der Waals surface area contributed by atoms with Crippen molar-refractivity contribution in [3.63, 3.8) is 0 Å². The summed E-state index contributed by atoms with van der Waals surface area (Å²) in [4.78, 5) is 24.3. The molecular formula is C22H30FN5O4S. The van der Waals surface area contributed by atoms with Crippen LogP contribution < -0.4 is 21.3 Å². The van der Waals surface area contributed by atoms with Crippen LogP contribution in [0.1, 0.15) is 20.8 Å². The first-order chi connectivity index (χ1) is 15.7. The number of hydrogen-bond acceptors (Lipinski definition) is 6. The van der Waals surface area contributed by atoms with E-state index in [1.54, 1.807) is 19.9 Å². The Morgan fingerprint density at radius 3 is 2.15 bits per heavy atom. The number of carbonyl (C=O) groups excluding carboxylic acids is 2. The fourth-order valence-electron chi connectivity index (χ4n) is 3.04. The summed E-state index contributed by atoms with van der Waals surface area (Å²) in [5.74, 6) is -1.34. The van der Waals surface area contributed by atoms with E-state index in [0.717, 1.165) is 0 Å². The maximum absolute atomic E-state index is 12.9. The van der Waals surface area contributed by atoms with E-state index in [-0.39, 0.29) is 18.0 Å². The maximum Gasteiger partial charge on any atom is 0.243 e. The minimum absolute atomic E-state index is 0.120. The second kappa shape index (κ2) is 12.2. The highest BCUT2D eigenvalue weighted by Gasteiger charge is 2.22. The van der Waals surface area contributed by atoms with Gasteiger partial charge in [0, 0.05) is 25.3 Å². The zero-order valence-electron chi connectivity index (χ0n) is 18.9. The highest BCUT2D eigenvalue weighted by atomic mass is 32.2. The average molecular weight is 480 g/mol. The smallest absolute Gasteiger partial charge is 0.243 e. The van der Waals surface area contributed by atoms with Crippen LogP contribution in [0.4, 0.5) is 21.5 Å². The summed E-state index contributed by atoms with van der Waals surface area (Å²) in [5.41, 5.74) is 1.52. The lowest BCUT2D eigenvalue weighted by Gasteiger charge is -2.20. The molecule has 4 N–H and O–H groups in total. The largest absolute Gasteiger partial charge is 0.384 e. The molecule has 2 amide bonds. The Morgan fingerprint density at radius 2 is 1.55 bits per heavy atom. The number of hydrogen-bond donors (Lipinski definition) is 4. The molecular weight excluding hydrogens is 449 g/mol. The first-order valence-corrected chi connectivity index (χ1v) is 12.1. The minimum atomic E-state index is -3.66. The van der Waals surface area contributed by atoms with Crippen LogP contribution in [-0.2, 0) is 19.6 Å². The number of halogens is 1. The normalized spacial score (nSPS) is 11.2. The van der Waals surface area contributed by atoms with E-state index in [9.17, 15) is 22.4 Å². The van der Waals surface area contributed by atoms with Crippen molar-refractivity contribution in [1.29, 1.82) is 0 Å². The number of rotatable bonds is 12. The Balaban J connectivity index is 2.01. The monoisotopic (exact) mass is 479 g/mol. The van der Waals surface area contributed by atoms with Crippen LogP contribution in [0.15, 0.2) is 47.4 Å². The topological polar surface area (TPSA) is 120 Å². The Labute approximate surface area is 193 Å². The lowest BCUT2D eigenvalue weighted by Crippen LogP contribution is -2.36. The van der Waals surface area contributed by atoms with E-state index < -0.39 is 27.7 Å². The van der Waals surface area contributed by atoms with Crippen LogP contribution in [-0.4, -0.2) is 57.3 Å². The fraction of sp³-hybridized carbons (Fsp3) is 0.364. The fourth-order valence-corrected chi connectivity index (χ4v) is 4.53. The van der Waals surface area contributed by atoms with Gasteiger partial charge in [0.2, 0.25) is 21.8 Å². The standard InChI is InChI=1S/C22H30FN5O4S/c1-4-24-19-12-11-18(33(31,32)28(5-2)6-3)13-20(19)25-14-21(29)26-15-22(30)27-17-9-7-16(23)8-10-17/h7-13,24-25H,4-6,14-15H2,1-3H3,(H,26,29)(H,27,30). The lowest BCUT2D eigenvalue weighted by molar-refractivity contribution is -0.122. The molecule has 0 unspecified atom stereocenters. The van der Waals surface area contributed by atoms with Gasteiger partial charge in [0.15, 0.2) is 0 Å². The number of amides is 2. The van der Waals surface area contributed by atoms with Gasteiger partial charge in [-0.15, -0.1) is 0 Å². The number of nitrogens with zero attached hydrogens (tertiary/aromatic N) is 1. The molecule has 11 heteroatoms. The molecule has 0 saturated carbocycles. The van der Waals surface area contributed by atoms with Gasteiger partial charge in [-0.05, 0) is 49.4 Å². The van der Waals surface area contributed by atoms with Gasteiger partial charge in [-0.2, -0.15) is 4.31 Å². The molecule has 2 aromatic carbocycles. The molecule has 0 saturated heterocycles. The predicted octanol–water partition coefficient (Wildman–Crippen LogP) is 2.45. The molecule has 2 rings (SSSR count). The van der Waals surface area contributed by atoms with E-state index in [1.807, 2.05) is 6.92 Å². The summed E-state index contributed by atoms with van der Waals surface area (Å²) < 4.78 is 39.9. The van der Waals surface area contributed by atoms with E-state index in [0.29, 0.717) is 36.7 Å². The van der Waals surface area contributed by atoms with E-state index >= 15 is 0 Å². The van der Waals surface area contributed by atoms with Crippen LogP contribution in [0.2, 0.25) is 0 Å². The number of carbonyl (C=O) groups is 2. The third-order valence-electron chi connectivity index (χ3n) is 4.71. The van der Waals surface area contributed by atoms with Gasteiger partial charge in [-0.3, -0.25) is 9.59 Å². The minimum Gasteiger partial charge on any atom is -0.384 e. The Kier molecular flexibility index (Phi) is 9.61. The maximum atomic E-state index is 12.9. The van der Waals surface area contributed by atoms with Crippen molar-refractivity contribution < 1.29 is 22.4 Å². The number of nitrogens with one attached hydrogen (secondary N) is 4. The SMILES string of the molecule is CCNc1ccc(S(=O)(=O)N(CC)CC)cc1NCC(=O)NCC(=O)Nc1ccc(F)cc1. The van der Waals surface area contributed by atoms with Gasteiger partial charge < -0.3 is 21.3 Å². The van der Waals surface area contributed by atoms with Crippen molar-refractivity contribution in [2.45, 2.75) is 25.7 Å². The molecule has 0 aliphatic heterocycles. The highest BCUT2D eigenvalue weighted by Crippen LogP contribution is 2.27. The molecule has 0 spiro atoms. The quantitative estimate of drug-likeness (QED) is 0.371. The third-order valence-corrected chi connectivity index (χ3v) is 6.76. The first kappa shape index (κ1) is 26.1. The van der Waals surface area contributed by atoms with Crippen LogP contribution in [0.25, 0.3) is 0 Å². The molecule has 0 radical (unpaired) electrons. The van der Waals surface area contributed by atoms with Crippen molar-refractivity contribution >= 4 is 38.9 Å². The van der Waals surface area contributed by atoms with Gasteiger partial charge in [-0.25, -0.2) is 12.8 Å². The molecule has 180 valence electrons. The van der Waals surface area contributed by atoms with Crippen molar-refractivity contribution in [2.75, 3.05) is 48.7 Å². The van der Waals surface area contributed by atoms with Gasteiger partial charge in [-0.1, -0.05) is 13.8 Å². The summed E-state index contributed by atoms with van der Waals surface area (Å²) in [5, 5.41) is 11.1. The molecule has 0 bridgehead atoms.